The lowest BCUT2D eigenvalue weighted by Crippen LogP contribution is -2.50. The van der Waals surface area contributed by atoms with E-state index in [9.17, 15) is 4.79 Å². The molecule has 3 rings (SSSR count). The molecule has 2 aromatic rings. The Bertz CT molecular complexity index is 797. The van der Waals surface area contributed by atoms with Crippen molar-refractivity contribution in [1.82, 2.24) is 29.7 Å². The fourth-order valence-corrected chi connectivity index (χ4v) is 3.85. The van der Waals surface area contributed by atoms with E-state index in [1.54, 1.807) is 6.92 Å². The lowest BCUT2D eigenvalue weighted by molar-refractivity contribution is -0.132. The summed E-state index contributed by atoms with van der Waals surface area (Å²) in [5.74, 6) is 1.65. The Hall–Kier alpha value is -2.22. The minimum Gasteiger partial charge on any atom is -0.339 e. The van der Waals surface area contributed by atoms with Crippen LogP contribution in [0.15, 0.2) is 16.9 Å². The van der Waals surface area contributed by atoms with Gasteiger partial charge < -0.3 is 9.42 Å². The molecule has 0 spiro atoms. The fourth-order valence-electron chi connectivity index (χ4n) is 3.85. The van der Waals surface area contributed by atoms with E-state index < -0.39 is 0 Å². The summed E-state index contributed by atoms with van der Waals surface area (Å²) in [5, 5.41) is 8.50. The first kappa shape index (κ1) is 21.5. The first-order chi connectivity index (χ1) is 13.8. The Morgan fingerprint density at radius 2 is 2.14 bits per heavy atom. The Labute approximate surface area is 173 Å². The summed E-state index contributed by atoms with van der Waals surface area (Å²) < 4.78 is 7.28. The molecule has 1 atom stereocenters. The average molecular weight is 403 g/mol. The predicted octanol–water partition coefficient (Wildman–Crippen LogP) is 3.03. The molecule has 160 valence electrons. The van der Waals surface area contributed by atoms with Gasteiger partial charge in [0.15, 0.2) is 5.82 Å². The van der Waals surface area contributed by atoms with Crippen LogP contribution in [0.5, 0.6) is 0 Å². The van der Waals surface area contributed by atoms with E-state index in [-0.39, 0.29) is 17.9 Å². The van der Waals surface area contributed by atoms with E-state index in [2.05, 4.69) is 40.2 Å². The van der Waals surface area contributed by atoms with E-state index >= 15 is 0 Å². The van der Waals surface area contributed by atoms with Gasteiger partial charge in [0.05, 0.1) is 6.20 Å². The highest BCUT2D eigenvalue weighted by Crippen LogP contribution is 2.19. The van der Waals surface area contributed by atoms with Crippen molar-refractivity contribution in [2.45, 2.75) is 78.4 Å². The second-order valence-corrected chi connectivity index (χ2v) is 8.62. The largest absolute Gasteiger partial charge is 0.339 e. The number of rotatable bonds is 8. The number of carbonyl (C=O) groups is 1. The van der Waals surface area contributed by atoms with Crippen molar-refractivity contribution in [3.05, 3.63) is 29.7 Å². The number of aromatic nitrogens is 4. The van der Waals surface area contributed by atoms with Gasteiger partial charge in [-0.1, -0.05) is 19.0 Å². The zero-order valence-electron chi connectivity index (χ0n) is 18.3. The number of carbonyl (C=O) groups excluding carboxylic acids is 1. The van der Waals surface area contributed by atoms with E-state index in [0.29, 0.717) is 30.7 Å². The molecule has 0 aliphatic carbocycles. The smallest absolute Gasteiger partial charge is 0.229 e. The van der Waals surface area contributed by atoms with Gasteiger partial charge in [-0.2, -0.15) is 10.1 Å². The topological polar surface area (TPSA) is 80.3 Å². The van der Waals surface area contributed by atoms with Crippen LogP contribution in [0.25, 0.3) is 0 Å². The van der Waals surface area contributed by atoms with E-state index in [0.717, 1.165) is 32.5 Å². The molecule has 29 heavy (non-hydrogen) atoms. The third-order valence-electron chi connectivity index (χ3n) is 5.47. The van der Waals surface area contributed by atoms with Crippen molar-refractivity contribution in [3.8, 4) is 0 Å². The third-order valence-corrected chi connectivity index (χ3v) is 5.47. The summed E-state index contributed by atoms with van der Waals surface area (Å²) in [4.78, 5) is 21.2. The van der Waals surface area contributed by atoms with Gasteiger partial charge in [-0.3, -0.25) is 14.4 Å². The second kappa shape index (κ2) is 9.52. The van der Waals surface area contributed by atoms with Gasteiger partial charge in [0.2, 0.25) is 11.8 Å². The second-order valence-electron chi connectivity index (χ2n) is 8.62. The summed E-state index contributed by atoms with van der Waals surface area (Å²) in [6.45, 7) is 13.4. The first-order valence-corrected chi connectivity index (χ1v) is 10.7. The minimum atomic E-state index is 0.108. The van der Waals surface area contributed by atoms with Crippen molar-refractivity contribution in [1.29, 1.82) is 0 Å². The third kappa shape index (κ3) is 5.65. The standard InChI is InChI=1S/C21H34N6O2/c1-15(2)21-23-20(24-29-21)8-10-26(17(5)28)19-7-6-9-25(14-19)12-18-11-22-27(13-18)16(3)4/h11,13,15-16,19H,6-10,12,14H2,1-5H3. The lowest BCUT2D eigenvalue weighted by Gasteiger charge is -2.39. The van der Waals surface area contributed by atoms with E-state index in [1.807, 2.05) is 29.6 Å². The summed E-state index contributed by atoms with van der Waals surface area (Å²) in [6.07, 6.45) is 6.82. The van der Waals surface area contributed by atoms with Crippen LogP contribution in [-0.2, 0) is 17.8 Å². The fraction of sp³-hybridized carbons (Fsp3) is 0.714. The summed E-state index contributed by atoms with van der Waals surface area (Å²) in [5.41, 5.74) is 1.22. The molecule has 1 saturated heterocycles. The van der Waals surface area contributed by atoms with E-state index in [4.69, 9.17) is 4.52 Å². The van der Waals surface area contributed by atoms with Crippen LogP contribution in [0.1, 0.15) is 76.7 Å². The van der Waals surface area contributed by atoms with E-state index in [1.165, 1.54) is 5.56 Å². The molecule has 8 heteroatoms. The highest BCUT2D eigenvalue weighted by atomic mass is 16.5. The Kier molecular flexibility index (Phi) is 7.05. The molecular weight excluding hydrogens is 368 g/mol. The van der Waals surface area contributed by atoms with Crippen LogP contribution >= 0.6 is 0 Å². The normalized spacial score (nSPS) is 18.0. The molecule has 0 saturated carbocycles. The van der Waals surface area contributed by atoms with Crippen molar-refractivity contribution in [2.75, 3.05) is 19.6 Å². The van der Waals surface area contributed by atoms with Gasteiger partial charge in [0.25, 0.3) is 0 Å². The summed E-state index contributed by atoms with van der Waals surface area (Å²) >= 11 is 0. The predicted molar refractivity (Wildman–Crippen MR) is 110 cm³/mol. The SMILES string of the molecule is CC(=O)N(CCc1noc(C(C)C)n1)C1CCCN(Cc2cnn(C(C)C)c2)C1. The van der Waals surface area contributed by atoms with Crippen molar-refractivity contribution >= 4 is 5.91 Å². The molecule has 0 N–H and O–H groups in total. The van der Waals surface area contributed by atoms with Crippen LogP contribution in [0.3, 0.4) is 0 Å². The number of nitrogens with zero attached hydrogens (tertiary/aromatic N) is 6. The zero-order valence-corrected chi connectivity index (χ0v) is 18.3. The molecule has 0 bridgehead atoms. The maximum absolute atomic E-state index is 12.4. The molecular formula is C21H34N6O2. The van der Waals surface area contributed by atoms with Crippen LogP contribution in [-0.4, -0.2) is 61.3 Å². The zero-order chi connectivity index (χ0) is 21.0. The van der Waals surface area contributed by atoms with Gasteiger partial charge in [0, 0.05) is 62.7 Å². The quantitative estimate of drug-likeness (QED) is 0.675. The molecule has 0 aromatic carbocycles. The number of likely N-dealkylation sites (tertiary alicyclic amines) is 1. The van der Waals surface area contributed by atoms with Gasteiger partial charge in [0.1, 0.15) is 0 Å². The Morgan fingerprint density at radius 3 is 2.76 bits per heavy atom. The maximum Gasteiger partial charge on any atom is 0.229 e. The molecule has 1 aliphatic rings. The first-order valence-electron chi connectivity index (χ1n) is 10.7. The lowest BCUT2D eigenvalue weighted by atomic mass is 10.0. The number of hydrogen-bond acceptors (Lipinski definition) is 6. The van der Waals surface area contributed by atoms with Crippen LogP contribution in [0.4, 0.5) is 0 Å². The average Bonchev–Trinajstić information content (AvgIpc) is 3.32. The highest BCUT2D eigenvalue weighted by Gasteiger charge is 2.27. The number of hydrogen-bond donors (Lipinski definition) is 0. The Balaban J connectivity index is 1.58. The molecule has 1 unspecified atom stereocenters. The van der Waals surface area contributed by atoms with Crippen molar-refractivity contribution in [3.63, 3.8) is 0 Å². The molecule has 1 fully saturated rings. The van der Waals surface area contributed by atoms with Crippen LogP contribution in [0.2, 0.25) is 0 Å². The summed E-state index contributed by atoms with van der Waals surface area (Å²) in [6, 6.07) is 0.588. The minimum absolute atomic E-state index is 0.108. The monoisotopic (exact) mass is 402 g/mol. The Morgan fingerprint density at radius 1 is 1.34 bits per heavy atom. The molecule has 8 nitrogen and oxygen atoms in total. The van der Waals surface area contributed by atoms with Gasteiger partial charge in [-0.25, -0.2) is 0 Å². The summed E-state index contributed by atoms with van der Waals surface area (Å²) in [7, 11) is 0. The maximum atomic E-state index is 12.4. The van der Waals surface area contributed by atoms with Crippen LogP contribution in [0, 0.1) is 0 Å². The molecule has 0 radical (unpaired) electrons. The van der Waals surface area contributed by atoms with Crippen molar-refractivity contribution < 1.29 is 9.32 Å². The molecule has 3 heterocycles. The molecule has 1 aliphatic heterocycles. The van der Waals surface area contributed by atoms with Gasteiger partial charge >= 0.3 is 0 Å². The van der Waals surface area contributed by atoms with Gasteiger partial charge in [-0.05, 0) is 33.2 Å². The highest BCUT2D eigenvalue weighted by molar-refractivity contribution is 5.73. The molecule has 1 amide bonds. The van der Waals surface area contributed by atoms with Crippen molar-refractivity contribution in [2.24, 2.45) is 0 Å². The molecule has 2 aromatic heterocycles. The van der Waals surface area contributed by atoms with Gasteiger partial charge in [-0.15, -0.1) is 0 Å². The number of amides is 1. The number of piperidine rings is 1. The van der Waals surface area contributed by atoms with Crippen LogP contribution < -0.4 is 0 Å².